The van der Waals surface area contributed by atoms with Gasteiger partial charge in [-0.1, -0.05) is 6.07 Å². The number of piperidine rings is 1. The van der Waals surface area contributed by atoms with Crippen molar-refractivity contribution in [2.24, 2.45) is 5.73 Å². The lowest BCUT2D eigenvalue weighted by Crippen LogP contribution is -2.49. The lowest BCUT2D eigenvalue weighted by molar-refractivity contribution is 0.0556. The summed E-state index contributed by atoms with van der Waals surface area (Å²) in [6.07, 6.45) is 6.80. The van der Waals surface area contributed by atoms with Crippen LogP contribution < -0.4 is 10.5 Å². The third-order valence-electron chi connectivity index (χ3n) is 5.53. The summed E-state index contributed by atoms with van der Waals surface area (Å²) in [6, 6.07) is 6.23. The highest BCUT2D eigenvalue weighted by Gasteiger charge is 2.31. The van der Waals surface area contributed by atoms with Gasteiger partial charge in [-0.2, -0.15) is 0 Å². The fourth-order valence-electron chi connectivity index (χ4n) is 4.07. The standard InChI is InChI=1S/C21H33N3O2/c1-17-8-9-19(20(15-17)26-14-6-10-22)21(25)24-13-3-2-7-18(24)16-23-11-4-5-12-23/h8-9,15,18H,2-7,10-14,16,22H2,1H3. The summed E-state index contributed by atoms with van der Waals surface area (Å²) in [6.45, 7) is 7.40. The quantitative estimate of drug-likeness (QED) is 0.761. The number of carbonyl (C=O) groups excluding carboxylic acids is 1. The molecular weight excluding hydrogens is 326 g/mol. The van der Waals surface area contributed by atoms with E-state index in [0.29, 0.717) is 30.5 Å². The van der Waals surface area contributed by atoms with Crippen molar-refractivity contribution >= 4 is 5.91 Å². The molecule has 1 aromatic rings. The third-order valence-corrected chi connectivity index (χ3v) is 5.53. The summed E-state index contributed by atoms with van der Waals surface area (Å²) >= 11 is 0. The molecule has 5 nitrogen and oxygen atoms in total. The second-order valence-corrected chi connectivity index (χ2v) is 7.65. The summed E-state index contributed by atoms with van der Waals surface area (Å²) < 4.78 is 5.90. The van der Waals surface area contributed by atoms with Crippen LogP contribution in [0, 0.1) is 6.92 Å². The van der Waals surface area contributed by atoms with Crippen LogP contribution in [0.25, 0.3) is 0 Å². The molecule has 2 aliphatic heterocycles. The van der Waals surface area contributed by atoms with Crippen LogP contribution in [-0.2, 0) is 0 Å². The maximum absolute atomic E-state index is 13.4. The fraction of sp³-hybridized carbons (Fsp3) is 0.667. The monoisotopic (exact) mass is 359 g/mol. The van der Waals surface area contributed by atoms with Gasteiger partial charge in [0.1, 0.15) is 5.75 Å². The molecule has 1 amide bonds. The van der Waals surface area contributed by atoms with Crippen molar-refractivity contribution in [2.75, 3.05) is 39.3 Å². The summed E-state index contributed by atoms with van der Waals surface area (Å²) in [5, 5.41) is 0. The van der Waals surface area contributed by atoms with Gasteiger partial charge in [0.15, 0.2) is 0 Å². The van der Waals surface area contributed by atoms with Crippen molar-refractivity contribution in [3.8, 4) is 5.75 Å². The SMILES string of the molecule is Cc1ccc(C(=O)N2CCCCC2CN2CCCC2)c(OCCCN)c1. The van der Waals surface area contributed by atoms with Crippen molar-refractivity contribution in [1.82, 2.24) is 9.80 Å². The first-order valence-electron chi connectivity index (χ1n) is 10.2. The maximum atomic E-state index is 13.4. The van der Waals surface area contributed by atoms with E-state index in [1.807, 2.05) is 25.1 Å². The molecule has 2 fully saturated rings. The second-order valence-electron chi connectivity index (χ2n) is 7.65. The zero-order valence-corrected chi connectivity index (χ0v) is 16.1. The Bertz CT molecular complexity index is 599. The average Bonchev–Trinajstić information content (AvgIpc) is 3.15. The number of hydrogen-bond donors (Lipinski definition) is 1. The van der Waals surface area contributed by atoms with Crippen molar-refractivity contribution in [3.05, 3.63) is 29.3 Å². The van der Waals surface area contributed by atoms with Crippen LogP contribution in [0.5, 0.6) is 5.75 Å². The molecule has 0 saturated carbocycles. The van der Waals surface area contributed by atoms with E-state index in [2.05, 4.69) is 9.80 Å². The molecule has 1 atom stereocenters. The van der Waals surface area contributed by atoms with Crippen LogP contribution in [0.4, 0.5) is 0 Å². The Balaban J connectivity index is 1.75. The smallest absolute Gasteiger partial charge is 0.257 e. The van der Waals surface area contributed by atoms with Crippen LogP contribution in [-0.4, -0.2) is 61.1 Å². The maximum Gasteiger partial charge on any atom is 0.257 e. The number of aryl methyl sites for hydroxylation is 1. The lowest BCUT2D eigenvalue weighted by Gasteiger charge is -2.38. The van der Waals surface area contributed by atoms with Gasteiger partial charge >= 0.3 is 0 Å². The number of rotatable bonds is 7. The van der Waals surface area contributed by atoms with Crippen LogP contribution in [0.3, 0.4) is 0 Å². The number of likely N-dealkylation sites (tertiary alicyclic amines) is 2. The van der Waals surface area contributed by atoms with E-state index >= 15 is 0 Å². The number of carbonyl (C=O) groups is 1. The van der Waals surface area contributed by atoms with Gasteiger partial charge in [-0.05, 0) is 82.8 Å². The third kappa shape index (κ3) is 4.77. The normalized spacial score (nSPS) is 21.2. The molecule has 0 aliphatic carbocycles. The molecule has 1 unspecified atom stereocenters. The number of nitrogens with two attached hydrogens (primary N) is 1. The number of hydrogen-bond acceptors (Lipinski definition) is 4. The van der Waals surface area contributed by atoms with Crippen molar-refractivity contribution in [1.29, 1.82) is 0 Å². The molecule has 26 heavy (non-hydrogen) atoms. The van der Waals surface area contributed by atoms with E-state index in [9.17, 15) is 4.79 Å². The fourth-order valence-corrected chi connectivity index (χ4v) is 4.07. The van der Waals surface area contributed by atoms with E-state index in [0.717, 1.165) is 37.9 Å². The lowest BCUT2D eigenvalue weighted by atomic mass is 9.99. The van der Waals surface area contributed by atoms with E-state index in [-0.39, 0.29) is 5.91 Å². The van der Waals surface area contributed by atoms with Gasteiger partial charge in [-0.3, -0.25) is 4.79 Å². The Labute approximate surface area is 157 Å². The molecule has 5 heteroatoms. The minimum absolute atomic E-state index is 0.122. The Morgan fingerprint density at radius 2 is 1.96 bits per heavy atom. The van der Waals surface area contributed by atoms with E-state index in [1.54, 1.807) is 0 Å². The zero-order chi connectivity index (χ0) is 18.4. The summed E-state index contributed by atoms with van der Waals surface area (Å²) in [5.41, 5.74) is 7.38. The van der Waals surface area contributed by atoms with Gasteiger partial charge in [-0.25, -0.2) is 0 Å². The highest BCUT2D eigenvalue weighted by molar-refractivity contribution is 5.97. The Morgan fingerprint density at radius 3 is 2.73 bits per heavy atom. The Hall–Kier alpha value is -1.59. The van der Waals surface area contributed by atoms with Crippen molar-refractivity contribution in [2.45, 2.75) is 51.5 Å². The van der Waals surface area contributed by atoms with Crippen molar-refractivity contribution < 1.29 is 9.53 Å². The molecular formula is C21H33N3O2. The topological polar surface area (TPSA) is 58.8 Å². The van der Waals surface area contributed by atoms with E-state index in [1.165, 1.54) is 32.4 Å². The summed E-state index contributed by atoms with van der Waals surface area (Å²) in [7, 11) is 0. The van der Waals surface area contributed by atoms with Gasteiger partial charge in [0.25, 0.3) is 5.91 Å². The highest BCUT2D eigenvalue weighted by atomic mass is 16.5. The van der Waals surface area contributed by atoms with Crippen LogP contribution in [0.2, 0.25) is 0 Å². The molecule has 2 N–H and O–H groups in total. The number of benzene rings is 1. The van der Waals surface area contributed by atoms with Gasteiger partial charge in [0.2, 0.25) is 0 Å². The second kappa shape index (κ2) is 9.38. The number of ether oxygens (including phenoxy) is 1. The molecule has 1 aromatic carbocycles. The van der Waals surface area contributed by atoms with Gasteiger partial charge in [-0.15, -0.1) is 0 Å². The minimum Gasteiger partial charge on any atom is -0.493 e. The number of nitrogens with zero attached hydrogens (tertiary/aromatic N) is 2. The molecule has 0 aromatic heterocycles. The van der Waals surface area contributed by atoms with Crippen LogP contribution in [0.1, 0.15) is 54.4 Å². The molecule has 2 aliphatic rings. The Morgan fingerprint density at radius 1 is 1.19 bits per heavy atom. The molecule has 0 radical (unpaired) electrons. The molecule has 0 bridgehead atoms. The Kier molecular flexibility index (Phi) is 6.92. The molecule has 2 heterocycles. The van der Waals surface area contributed by atoms with E-state index < -0.39 is 0 Å². The largest absolute Gasteiger partial charge is 0.493 e. The summed E-state index contributed by atoms with van der Waals surface area (Å²) in [4.78, 5) is 18.0. The first-order valence-corrected chi connectivity index (χ1v) is 10.2. The van der Waals surface area contributed by atoms with Crippen molar-refractivity contribution in [3.63, 3.8) is 0 Å². The summed E-state index contributed by atoms with van der Waals surface area (Å²) in [5.74, 6) is 0.825. The van der Waals surface area contributed by atoms with Crippen LogP contribution in [0.15, 0.2) is 18.2 Å². The predicted molar refractivity (Wildman–Crippen MR) is 105 cm³/mol. The van der Waals surface area contributed by atoms with Gasteiger partial charge in [0, 0.05) is 19.1 Å². The van der Waals surface area contributed by atoms with Gasteiger partial charge in [0.05, 0.1) is 12.2 Å². The molecule has 3 rings (SSSR count). The van der Waals surface area contributed by atoms with E-state index in [4.69, 9.17) is 10.5 Å². The number of amides is 1. The first-order chi connectivity index (χ1) is 12.7. The molecule has 2 saturated heterocycles. The zero-order valence-electron chi connectivity index (χ0n) is 16.1. The molecule has 144 valence electrons. The minimum atomic E-state index is 0.122. The average molecular weight is 360 g/mol. The van der Waals surface area contributed by atoms with Gasteiger partial charge < -0.3 is 20.3 Å². The highest BCUT2D eigenvalue weighted by Crippen LogP contribution is 2.27. The molecule has 0 spiro atoms. The first kappa shape index (κ1) is 19.2. The predicted octanol–water partition coefficient (Wildman–Crippen LogP) is 2.81. The van der Waals surface area contributed by atoms with Crippen LogP contribution >= 0.6 is 0 Å².